The Morgan fingerprint density at radius 3 is 2.80 bits per heavy atom. The molecule has 2 nitrogen and oxygen atoms in total. The van der Waals surface area contributed by atoms with Crippen LogP contribution < -0.4 is 11.1 Å². The number of benzene rings is 1. The fourth-order valence-corrected chi connectivity index (χ4v) is 2.74. The number of nitrogen functional groups attached to an aromatic ring is 1. The minimum atomic E-state index is 0.613. The van der Waals surface area contributed by atoms with Gasteiger partial charge in [-0.15, -0.1) is 0 Å². The average Bonchev–Trinajstić information content (AvgIpc) is 2.56. The van der Waals surface area contributed by atoms with Crippen molar-refractivity contribution in [3.8, 4) is 0 Å². The molecule has 1 saturated carbocycles. The van der Waals surface area contributed by atoms with Crippen LogP contribution in [-0.4, -0.2) is 6.04 Å². The summed E-state index contributed by atoms with van der Waals surface area (Å²) < 4.78 is 1.19. The summed E-state index contributed by atoms with van der Waals surface area (Å²) in [6, 6.07) is 6.81. The molecule has 15 heavy (non-hydrogen) atoms. The normalized spacial score (nSPS) is 25.5. The molecule has 0 aromatic heterocycles. The van der Waals surface area contributed by atoms with Gasteiger partial charge in [-0.3, -0.25) is 0 Å². The molecule has 0 heterocycles. The summed E-state index contributed by atoms with van der Waals surface area (Å²) in [5.41, 5.74) is 7.92. The maximum atomic E-state index is 5.97. The van der Waals surface area contributed by atoms with Gasteiger partial charge in [0.05, 0.1) is 11.4 Å². The molecular formula is C12H17IN2. The Balaban J connectivity index is 2.04. The monoisotopic (exact) mass is 316 g/mol. The maximum absolute atomic E-state index is 5.97. The number of anilines is 2. The molecule has 1 fully saturated rings. The third-order valence-corrected chi connectivity index (χ3v) is 3.74. The van der Waals surface area contributed by atoms with Crippen LogP contribution in [0.15, 0.2) is 18.2 Å². The summed E-state index contributed by atoms with van der Waals surface area (Å²) in [5, 5.41) is 3.54. The van der Waals surface area contributed by atoms with Gasteiger partial charge >= 0.3 is 0 Å². The van der Waals surface area contributed by atoms with E-state index in [1.807, 2.05) is 6.07 Å². The summed E-state index contributed by atoms with van der Waals surface area (Å²) in [6.07, 6.45) is 3.87. The highest BCUT2D eigenvalue weighted by atomic mass is 127. The van der Waals surface area contributed by atoms with Gasteiger partial charge in [0.25, 0.3) is 0 Å². The lowest BCUT2D eigenvalue weighted by molar-refractivity contribution is 0.603. The van der Waals surface area contributed by atoms with Crippen LogP contribution in [0.3, 0.4) is 0 Å². The van der Waals surface area contributed by atoms with Crippen LogP contribution in [0.4, 0.5) is 11.4 Å². The van der Waals surface area contributed by atoms with Gasteiger partial charge in [0.1, 0.15) is 0 Å². The molecule has 2 rings (SSSR count). The van der Waals surface area contributed by atoms with E-state index in [0.717, 1.165) is 17.3 Å². The lowest BCUT2D eigenvalue weighted by Crippen LogP contribution is -2.16. The molecule has 0 amide bonds. The van der Waals surface area contributed by atoms with E-state index in [1.54, 1.807) is 0 Å². The zero-order chi connectivity index (χ0) is 10.8. The van der Waals surface area contributed by atoms with Crippen molar-refractivity contribution in [1.29, 1.82) is 0 Å². The van der Waals surface area contributed by atoms with Crippen molar-refractivity contribution in [2.24, 2.45) is 5.92 Å². The molecule has 3 heteroatoms. The molecular weight excluding hydrogens is 299 g/mol. The second-order valence-electron chi connectivity index (χ2n) is 4.49. The van der Waals surface area contributed by atoms with Crippen molar-refractivity contribution in [1.82, 2.24) is 0 Å². The van der Waals surface area contributed by atoms with E-state index < -0.39 is 0 Å². The average molecular weight is 316 g/mol. The minimum absolute atomic E-state index is 0.613. The van der Waals surface area contributed by atoms with E-state index in [9.17, 15) is 0 Å². The lowest BCUT2D eigenvalue weighted by atomic mass is 10.1. The van der Waals surface area contributed by atoms with Gasteiger partial charge in [0.15, 0.2) is 0 Å². The van der Waals surface area contributed by atoms with E-state index in [0.29, 0.717) is 6.04 Å². The number of nitrogens with one attached hydrogen (secondary N) is 1. The molecule has 0 bridgehead atoms. The number of halogens is 1. The van der Waals surface area contributed by atoms with Crippen molar-refractivity contribution in [2.45, 2.75) is 32.2 Å². The smallest absolute Gasteiger partial charge is 0.0576 e. The van der Waals surface area contributed by atoms with Crippen molar-refractivity contribution in [3.05, 3.63) is 21.8 Å². The highest BCUT2D eigenvalue weighted by Gasteiger charge is 2.21. The van der Waals surface area contributed by atoms with Crippen molar-refractivity contribution in [2.75, 3.05) is 11.1 Å². The molecule has 0 aliphatic heterocycles. The molecule has 0 spiro atoms. The predicted octanol–water partition coefficient (Wildman–Crippen LogP) is 3.47. The van der Waals surface area contributed by atoms with Crippen LogP contribution in [0, 0.1) is 9.49 Å². The third kappa shape index (κ3) is 2.77. The first-order chi connectivity index (χ1) is 7.15. The second kappa shape index (κ2) is 4.60. The zero-order valence-electron chi connectivity index (χ0n) is 8.96. The molecule has 0 saturated heterocycles. The number of hydrogen-bond acceptors (Lipinski definition) is 2. The van der Waals surface area contributed by atoms with Crippen LogP contribution in [0.2, 0.25) is 0 Å². The van der Waals surface area contributed by atoms with Gasteiger partial charge in [0, 0.05) is 9.61 Å². The van der Waals surface area contributed by atoms with E-state index >= 15 is 0 Å². The van der Waals surface area contributed by atoms with Gasteiger partial charge in [-0.2, -0.15) is 0 Å². The van der Waals surface area contributed by atoms with E-state index in [2.05, 4.69) is 47.0 Å². The Kier molecular flexibility index (Phi) is 3.38. The van der Waals surface area contributed by atoms with Crippen LogP contribution in [0.1, 0.15) is 26.2 Å². The van der Waals surface area contributed by atoms with E-state index in [1.165, 1.54) is 22.8 Å². The summed E-state index contributed by atoms with van der Waals surface area (Å²) in [5.74, 6) is 0.854. The molecule has 1 aromatic rings. The van der Waals surface area contributed by atoms with Gasteiger partial charge in [-0.1, -0.05) is 6.92 Å². The topological polar surface area (TPSA) is 38.0 Å². The summed E-state index contributed by atoms with van der Waals surface area (Å²) in [4.78, 5) is 0. The maximum Gasteiger partial charge on any atom is 0.0576 e. The van der Waals surface area contributed by atoms with Crippen LogP contribution in [-0.2, 0) is 0 Å². The number of rotatable bonds is 2. The minimum Gasteiger partial charge on any atom is -0.397 e. The Hall–Kier alpha value is -0.450. The van der Waals surface area contributed by atoms with Crippen molar-refractivity contribution >= 4 is 34.0 Å². The Morgan fingerprint density at radius 1 is 1.40 bits per heavy atom. The number of nitrogens with two attached hydrogens (primary N) is 1. The summed E-state index contributed by atoms with van der Waals surface area (Å²) >= 11 is 2.28. The second-order valence-corrected chi connectivity index (χ2v) is 5.74. The highest BCUT2D eigenvalue weighted by molar-refractivity contribution is 14.1. The van der Waals surface area contributed by atoms with Gasteiger partial charge in [-0.05, 0) is 66.0 Å². The van der Waals surface area contributed by atoms with Crippen molar-refractivity contribution in [3.63, 3.8) is 0 Å². The van der Waals surface area contributed by atoms with Crippen molar-refractivity contribution < 1.29 is 0 Å². The molecule has 2 atom stereocenters. The summed E-state index contributed by atoms with van der Waals surface area (Å²) in [6.45, 7) is 2.32. The van der Waals surface area contributed by atoms with Gasteiger partial charge in [-0.25, -0.2) is 0 Å². The SMILES string of the molecule is CC1CCC(Nc2ccc(I)cc2N)C1. The molecule has 82 valence electrons. The first kappa shape index (κ1) is 11.0. The van der Waals surface area contributed by atoms with Crippen LogP contribution >= 0.6 is 22.6 Å². The lowest BCUT2D eigenvalue weighted by Gasteiger charge is -2.15. The van der Waals surface area contributed by atoms with Gasteiger partial charge in [0.2, 0.25) is 0 Å². The molecule has 3 N–H and O–H groups in total. The molecule has 1 aliphatic rings. The summed E-state index contributed by atoms with van der Waals surface area (Å²) in [7, 11) is 0. The Bertz CT molecular complexity index is 351. The Morgan fingerprint density at radius 2 is 2.20 bits per heavy atom. The molecule has 1 aliphatic carbocycles. The van der Waals surface area contributed by atoms with Crippen LogP contribution in [0.25, 0.3) is 0 Å². The number of hydrogen-bond donors (Lipinski definition) is 2. The fraction of sp³-hybridized carbons (Fsp3) is 0.500. The largest absolute Gasteiger partial charge is 0.397 e. The third-order valence-electron chi connectivity index (χ3n) is 3.07. The highest BCUT2D eigenvalue weighted by Crippen LogP contribution is 2.29. The van der Waals surface area contributed by atoms with E-state index in [-0.39, 0.29) is 0 Å². The first-order valence-electron chi connectivity index (χ1n) is 5.46. The molecule has 0 radical (unpaired) electrons. The molecule has 2 unspecified atom stereocenters. The van der Waals surface area contributed by atoms with E-state index in [4.69, 9.17) is 5.73 Å². The van der Waals surface area contributed by atoms with Gasteiger partial charge < -0.3 is 11.1 Å². The zero-order valence-corrected chi connectivity index (χ0v) is 11.1. The first-order valence-corrected chi connectivity index (χ1v) is 6.54. The fourth-order valence-electron chi connectivity index (χ4n) is 2.22. The van der Waals surface area contributed by atoms with Crippen LogP contribution in [0.5, 0.6) is 0 Å². The Labute approximate surface area is 105 Å². The quantitative estimate of drug-likeness (QED) is 0.648. The molecule has 1 aromatic carbocycles. The predicted molar refractivity (Wildman–Crippen MR) is 74.0 cm³/mol. The standard InChI is InChI=1S/C12H17IN2/c1-8-2-4-10(6-8)15-12-5-3-9(13)7-11(12)14/h3,5,7-8,10,15H,2,4,6,14H2,1H3.